The molecule has 0 aliphatic carbocycles. The molecule has 1 aromatic heterocycles. The minimum absolute atomic E-state index is 0.0600. The van der Waals surface area contributed by atoms with E-state index in [0.717, 1.165) is 5.75 Å². The molecular formula is C13H17N3O4S. The molecule has 1 amide bonds. The molecule has 2 heterocycles. The Morgan fingerprint density at radius 2 is 2.19 bits per heavy atom. The van der Waals surface area contributed by atoms with Gasteiger partial charge < -0.3 is 10.0 Å². The van der Waals surface area contributed by atoms with Crippen LogP contribution >= 0.6 is 11.8 Å². The summed E-state index contributed by atoms with van der Waals surface area (Å²) in [6, 6.07) is -0.388. The second-order valence-corrected chi connectivity index (χ2v) is 6.11. The minimum Gasteiger partial charge on any atom is -0.481 e. The van der Waals surface area contributed by atoms with Crippen LogP contribution in [0.3, 0.4) is 0 Å². The zero-order chi connectivity index (χ0) is 15.6. The van der Waals surface area contributed by atoms with Gasteiger partial charge in [0.05, 0.1) is 18.2 Å². The lowest BCUT2D eigenvalue weighted by atomic mass is 10.1. The van der Waals surface area contributed by atoms with Crippen LogP contribution in [0.15, 0.2) is 4.79 Å². The fraction of sp³-hybridized carbons (Fsp3) is 0.538. The fourth-order valence-electron chi connectivity index (χ4n) is 2.32. The normalized spacial score (nSPS) is 18.6. The molecule has 1 aliphatic rings. The number of aliphatic carboxylic acids is 1. The lowest BCUT2D eigenvalue weighted by Gasteiger charge is -2.34. The molecule has 1 aromatic rings. The van der Waals surface area contributed by atoms with Crippen LogP contribution in [0.4, 0.5) is 0 Å². The molecule has 114 valence electrons. The van der Waals surface area contributed by atoms with Gasteiger partial charge in [0.15, 0.2) is 0 Å². The number of hydrogen-bond donors (Lipinski definition) is 2. The van der Waals surface area contributed by atoms with E-state index in [9.17, 15) is 14.4 Å². The lowest BCUT2D eigenvalue weighted by molar-refractivity contribution is -0.138. The van der Waals surface area contributed by atoms with Gasteiger partial charge in [0.1, 0.15) is 5.56 Å². The molecule has 1 aliphatic heterocycles. The van der Waals surface area contributed by atoms with Crippen LogP contribution < -0.4 is 5.56 Å². The Morgan fingerprint density at radius 1 is 1.48 bits per heavy atom. The standard InChI is InChI=1S/C13H17N3O4S/c1-7-8(2)14-15-12(19)11(7)13(20)16-3-4-21-6-9(16)5-10(17)18/h9H,3-6H2,1-2H3,(H,15,19)(H,17,18). The molecule has 0 bridgehead atoms. The van der Waals surface area contributed by atoms with Gasteiger partial charge in [-0.15, -0.1) is 0 Å². The predicted molar refractivity (Wildman–Crippen MR) is 78.7 cm³/mol. The first kappa shape index (κ1) is 15.6. The third-order valence-electron chi connectivity index (χ3n) is 3.58. The molecule has 21 heavy (non-hydrogen) atoms. The van der Waals surface area contributed by atoms with E-state index in [0.29, 0.717) is 23.6 Å². The molecule has 0 saturated carbocycles. The van der Waals surface area contributed by atoms with E-state index >= 15 is 0 Å². The minimum atomic E-state index is -0.947. The number of aryl methyl sites for hydroxylation is 1. The van der Waals surface area contributed by atoms with E-state index in [1.165, 1.54) is 4.90 Å². The van der Waals surface area contributed by atoms with Crippen LogP contribution in [0.1, 0.15) is 28.0 Å². The number of rotatable bonds is 3. The van der Waals surface area contributed by atoms with E-state index < -0.39 is 17.4 Å². The van der Waals surface area contributed by atoms with Crippen molar-refractivity contribution in [2.24, 2.45) is 0 Å². The van der Waals surface area contributed by atoms with Crippen LogP contribution in [0.2, 0.25) is 0 Å². The maximum absolute atomic E-state index is 12.7. The van der Waals surface area contributed by atoms with Crippen molar-refractivity contribution in [2.45, 2.75) is 26.3 Å². The van der Waals surface area contributed by atoms with Gasteiger partial charge in [-0.05, 0) is 19.4 Å². The highest BCUT2D eigenvalue weighted by Gasteiger charge is 2.31. The highest BCUT2D eigenvalue weighted by Crippen LogP contribution is 2.21. The molecule has 1 atom stereocenters. The summed E-state index contributed by atoms with van der Waals surface area (Å²) in [5.41, 5.74) is 0.648. The summed E-state index contributed by atoms with van der Waals surface area (Å²) in [5.74, 6) is -0.0512. The Balaban J connectivity index is 2.35. The summed E-state index contributed by atoms with van der Waals surface area (Å²) in [6.07, 6.45) is -0.111. The quantitative estimate of drug-likeness (QED) is 0.838. The number of carboxylic acid groups (broad SMARTS) is 1. The third kappa shape index (κ3) is 3.26. The van der Waals surface area contributed by atoms with Crippen molar-refractivity contribution >= 4 is 23.6 Å². The number of carboxylic acids is 1. The SMILES string of the molecule is Cc1n[nH]c(=O)c(C(=O)N2CCSCC2CC(=O)O)c1C. The van der Waals surface area contributed by atoms with Gasteiger partial charge in [-0.1, -0.05) is 0 Å². The number of H-pyrrole nitrogens is 1. The van der Waals surface area contributed by atoms with Gasteiger partial charge in [0.2, 0.25) is 0 Å². The van der Waals surface area contributed by atoms with Gasteiger partial charge in [-0.2, -0.15) is 16.9 Å². The van der Waals surface area contributed by atoms with E-state index in [1.807, 2.05) is 0 Å². The number of aromatic amines is 1. The zero-order valence-corrected chi connectivity index (χ0v) is 12.7. The summed E-state index contributed by atoms with van der Waals surface area (Å²) >= 11 is 1.62. The number of carbonyl (C=O) groups is 2. The van der Waals surface area contributed by atoms with Crippen LogP contribution in [-0.2, 0) is 4.79 Å². The third-order valence-corrected chi connectivity index (χ3v) is 4.67. The van der Waals surface area contributed by atoms with E-state index in [4.69, 9.17) is 5.11 Å². The topological polar surface area (TPSA) is 103 Å². The smallest absolute Gasteiger partial charge is 0.305 e. The van der Waals surface area contributed by atoms with Crippen molar-refractivity contribution in [3.8, 4) is 0 Å². The van der Waals surface area contributed by atoms with Crippen molar-refractivity contribution in [3.05, 3.63) is 27.2 Å². The molecule has 0 aromatic carbocycles. The fourth-order valence-corrected chi connectivity index (χ4v) is 3.38. The first-order valence-electron chi connectivity index (χ1n) is 6.58. The van der Waals surface area contributed by atoms with Crippen LogP contribution in [0.25, 0.3) is 0 Å². The van der Waals surface area contributed by atoms with Crippen molar-refractivity contribution in [1.29, 1.82) is 0 Å². The predicted octanol–water partition coefficient (Wildman–Crippen LogP) is 0.419. The number of nitrogens with zero attached hydrogens (tertiary/aromatic N) is 2. The Bertz CT molecular complexity index is 628. The largest absolute Gasteiger partial charge is 0.481 e. The molecule has 7 nitrogen and oxygen atoms in total. The zero-order valence-electron chi connectivity index (χ0n) is 11.9. The van der Waals surface area contributed by atoms with Crippen molar-refractivity contribution in [2.75, 3.05) is 18.1 Å². The molecule has 1 fully saturated rings. The molecular weight excluding hydrogens is 294 g/mol. The second kappa shape index (κ2) is 6.30. The Labute approximate surface area is 125 Å². The lowest BCUT2D eigenvalue weighted by Crippen LogP contribution is -2.48. The van der Waals surface area contributed by atoms with Crippen molar-refractivity contribution in [3.63, 3.8) is 0 Å². The van der Waals surface area contributed by atoms with Crippen molar-refractivity contribution in [1.82, 2.24) is 15.1 Å². The average molecular weight is 311 g/mol. The molecule has 1 unspecified atom stereocenters. The Morgan fingerprint density at radius 3 is 2.86 bits per heavy atom. The van der Waals surface area contributed by atoms with Gasteiger partial charge in [-0.25, -0.2) is 5.10 Å². The van der Waals surface area contributed by atoms with Crippen LogP contribution in [0.5, 0.6) is 0 Å². The maximum Gasteiger partial charge on any atom is 0.305 e. The average Bonchev–Trinajstić information content (AvgIpc) is 2.43. The molecule has 0 radical (unpaired) electrons. The molecule has 2 rings (SSSR count). The number of carbonyl (C=O) groups excluding carboxylic acids is 1. The second-order valence-electron chi connectivity index (χ2n) is 4.96. The van der Waals surface area contributed by atoms with Gasteiger partial charge in [-0.3, -0.25) is 14.4 Å². The van der Waals surface area contributed by atoms with Crippen molar-refractivity contribution < 1.29 is 14.7 Å². The molecule has 2 N–H and O–H groups in total. The molecule has 0 spiro atoms. The Kier molecular flexibility index (Phi) is 4.66. The summed E-state index contributed by atoms with van der Waals surface area (Å²) in [4.78, 5) is 37.0. The number of thioether (sulfide) groups is 1. The van der Waals surface area contributed by atoms with E-state index in [2.05, 4.69) is 10.2 Å². The monoisotopic (exact) mass is 311 g/mol. The Hall–Kier alpha value is -1.83. The number of aromatic nitrogens is 2. The number of hydrogen-bond acceptors (Lipinski definition) is 5. The summed E-state index contributed by atoms with van der Waals surface area (Å²) in [7, 11) is 0. The number of nitrogens with one attached hydrogen (secondary N) is 1. The molecule has 1 saturated heterocycles. The first-order chi connectivity index (χ1) is 9.91. The maximum atomic E-state index is 12.7. The van der Waals surface area contributed by atoms with Crippen LogP contribution in [0, 0.1) is 13.8 Å². The van der Waals surface area contributed by atoms with Gasteiger partial charge in [0.25, 0.3) is 11.5 Å². The highest BCUT2D eigenvalue weighted by molar-refractivity contribution is 7.99. The molecule has 8 heteroatoms. The van der Waals surface area contributed by atoms with Crippen LogP contribution in [-0.4, -0.2) is 56.2 Å². The summed E-state index contributed by atoms with van der Waals surface area (Å²) < 4.78 is 0. The highest BCUT2D eigenvalue weighted by atomic mass is 32.2. The summed E-state index contributed by atoms with van der Waals surface area (Å²) in [6.45, 7) is 3.83. The van der Waals surface area contributed by atoms with E-state index in [1.54, 1.807) is 25.6 Å². The first-order valence-corrected chi connectivity index (χ1v) is 7.73. The van der Waals surface area contributed by atoms with E-state index in [-0.39, 0.29) is 18.0 Å². The van der Waals surface area contributed by atoms with Gasteiger partial charge >= 0.3 is 5.97 Å². The van der Waals surface area contributed by atoms with Gasteiger partial charge in [0, 0.05) is 18.1 Å². The summed E-state index contributed by atoms with van der Waals surface area (Å²) in [5, 5.41) is 15.1. The number of amides is 1.